The topological polar surface area (TPSA) is 105 Å². The average molecular weight is 570 g/mol. The summed E-state index contributed by atoms with van der Waals surface area (Å²) in [5.74, 6) is 0.911. The van der Waals surface area contributed by atoms with Crippen molar-refractivity contribution in [3.63, 3.8) is 0 Å². The lowest BCUT2D eigenvalue weighted by molar-refractivity contribution is 0.0951. The van der Waals surface area contributed by atoms with E-state index in [0.717, 1.165) is 29.2 Å². The van der Waals surface area contributed by atoms with Crippen molar-refractivity contribution < 1.29 is 14.3 Å². The van der Waals surface area contributed by atoms with Crippen molar-refractivity contribution in [3.8, 4) is 5.75 Å². The van der Waals surface area contributed by atoms with E-state index in [4.69, 9.17) is 4.74 Å². The molecule has 2 unspecified atom stereocenters. The summed E-state index contributed by atoms with van der Waals surface area (Å²) < 4.78 is 7.17. The van der Waals surface area contributed by atoms with Crippen LogP contribution in [0.4, 0.5) is 21.9 Å². The lowest BCUT2D eigenvalue weighted by Crippen LogP contribution is -2.47. The molecule has 2 aliphatic heterocycles. The molecule has 1 fully saturated rings. The van der Waals surface area contributed by atoms with Gasteiger partial charge in [0.2, 0.25) is 0 Å². The van der Waals surface area contributed by atoms with E-state index in [9.17, 15) is 14.4 Å². The predicted molar refractivity (Wildman–Crippen MR) is 161 cm³/mol. The summed E-state index contributed by atoms with van der Waals surface area (Å²) in [6.45, 7) is 2.55. The van der Waals surface area contributed by atoms with Gasteiger partial charge in [0.15, 0.2) is 0 Å². The molecular weight excluding hydrogens is 538 g/mol. The van der Waals surface area contributed by atoms with Gasteiger partial charge in [-0.2, -0.15) is 0 Å². The van der Waals surface area contributed by atoms with Gasteiger partial charge in [-0.05, 0) is 60.2 Å². The molecular formula is C31H31N5O4S. The Hall–Kier alpha value is -4.57. The molecule has 4 aromatic rings. The van der Waals surface area contributed by atoms with Gasteiger partial charge in [-0.1, -0.05) is 18.2 Å². The van der Waals surface area contributed by atoms with Crippen LogP contribution in [0.2, 0.25) is 0 Å². The first-order chi connectivity index (χ1) is 20.0. The number of hydrogen-bond acceptors (Lipinski definition) is 6. The highest BCUT2D eigenvalue weighted by molar-refractivity contribution is 7.09. The zero-order valence-corrected chi connectivity index (χ0v) is 23.4. The van der Waals surface area contributed by atoms with Gasteiger partial charge in [-0.3, -0.25) is 9.59 Å². The number of rotatable bonds is 7. The van der Waals surface area contributed by atoms with Crippen LogP contribution in [-0.2, 0) is 13.1 Å². The Bertz CT molecular complexity index is 1630. The largest absolute Gasteiger partial charge is 0.497 e. The van der Waals surface area contributed by atoms with Crippen molar-refractivity contribution in [1.82, 2.24) is 9.88 Å². The first kappa shape index (κ1) is 26.6. The van der Waals surface area contributed by atoms with Crippen LogP contribution in [0.15, 0.2) is 83.0 Å². The standard InChI is InChI=1S/C31H31N5O4S/c1-40-24-6-2-5-23(15-24)33-31(39)34-26-14-21(30(38)32-16-25-7-4-12-41-25)10-11-28(26)35-17-20-13-22(19-35)27-8-3-9-29(37)36(27)18-20/h2-12,14-15,20,22H,13,16-19H2,1H3,(H,32,38)(H2,33,34,39). The quantitative estimate of drug-likeness (QED) is 0.287. The van der Waals surface area contributed by atoms with E-state index in [-0.39, 0.29) is 17.4 Å². The number of carbonyl (C=O) groups is 2. The molecule has 4 heterocycles. The number of piperidine rings is 1. The number of thiophene rings is 1. The Kier molecular flexibility index (Phi) is 7.47. The fourth-order valence-electron chi connectivity index (χ4n) is 5.81. The van der Waals surface area contributed by atoms with Gasteiger partial charge in [0.05, 0.1) is 25.0 Å². The Morgan fingerprint density at radius 3 is 2.68 bits per heavy atom. The third-order valence-electron chi connectivity index (χ3n) is 7.66. The van der Waals surface area contributed by atoms with Gasteiger partial charge in [-0.25, -0.2) is 4.79 Å². The van der Waals surface area contributed by atoms with Crippen molar-refractivity contribution in [2.24, 2.45) is 5.92 Å². The zero-order chi connectivity index (χ0) is 28.3. The van der Waals surface area contributed by atoms with E-state index in [1.165, 1.54) is 0 Å². The maximum atomic E-state index is 13.2. The van der Waals surface area contributed by atoms with Crippen molar-refractivity contribution >= 4 is 40.3 Å². The van der Waals surface area contributed by atoms with Crippen LogP contribution in [0.1, 0.15) is 33.3 Å². The highest BCUT2D eigenvalue weighted by atomic mass is 32.1. The first-order valence-corrected chi connectivity index (χ1v) is 14.5. The van der Waals surface area contributed by atoms with Crippen LogP contribution < -0.4 is 31.1 Å². The summed E-state index contributed by atoms with van der Waals surface area (Å²) in [7, 11) is 1.57. The number of amides is 3. The Morgan fingerprint density at radius 1 is 0.976 bits per heavy atom. The molecule has 2 atom stereocenters. The van der Waals surface area contributed by atoms with Crippen LogP contribution in [-0.4, -0.2) is 36.7 Å². The van der Waals surface area contributed by atoms with Crippen LogP contribution in [0.3, 0.4) is 0 Å². The summed E-state index contributed by atoms with van der Waals surface area (Å²) in [5, 5.41) is 10.8. The van der Waals surface area contributed by atoms with E-state index < -0.39 is 6.03 Å². The molecule has 0 radical (unpaired) electrons. The molecule has 2 bridgehead atoms. The molecule has 2 aromatic carbocycles. The van der Waals surface area contributed by atoms with Gasteiger partial charge in [0.1, 0.15) is 5.75 Å². The maximum absolute atomic E-state index is 13.2. The Balaban J connectivity index is 1.27. The van der Waals surface area contributed by atoms with Crippen molar-refractivity contribution in [3.05, 3.63) is 105 Å². The third-order valence-corrected chi connectivity index (χ3v) is 8.53. The lowest BCUT2D eigenvalue weighted by Gasteiger charge is -2.44. The number of methoxy groups -OCH3 is 1. The van der Waals surface area contributed by atoms with Gasteiger partial charge in [0, 0.05) is 59.5 Å². The lowest BCUT2D eigenvalue weighted by atomic mass is 9.83. The monoisotopic (exact) mass is 569 g/mol. The summed E-state index contributed by atoms with van der Waals surface area (Å²) in [6, 6.07) is 21.5. The SMILES string of the molecule is COc1cccc(NC(=O)Nc2cc(C(=O)NCc3cccs3)ccc2N2CC3CC(C2)c2cccc(=O)n2C3)c1. The number of ether oxygens (including phenoxy) is 1. The minimum absolute atomic E-state index is 0.0418. The van der Waals surface area contributed by atoms with E-state index >= 15 is 0 Å². The second-order valence-electron chi connectivity index (χ2n) is 10.4. The number of nitrogens with one attached hydrogen (secondary N) is 3. The smallest absolute Gasteiger partial charge is 0.323 e. The van der Waals surface area contributed by atoms with E-state index in [2.05, 4.69) is 20.9 Å². The molecule has 2 aromatic heterocycles. The molecule has 0 saturated carbocycles. The number of hydrogen-bond donors (Lipinski definition) is 3. The highest BCUT2D eigenvalue weighted by Gasteiger charge is 2.35. The minimum atomic E-state index is -0.426. The second-order valence-corrected chi connectivity index (χ2v) is 11.4. The Labute approximate surface area is 241 Å². The number of urea groups is 1. The summed E-state index contributed by atoms with van der Waals surface area (Å²) in [6.07, 6.45) is 1.02. The van der Waals surface area contributed by atoms with Crippen LogP contribution in [0.5, 0.6) is 5.75 Å². The van der Waals surface area contributed by atoms with Gasteiger partial charge < -0.3 is 30.2 Å². The normalized spacial score (nSPS) is 17.3. The molecule has 6 rings (SSSR count). The van der Waals surface area contributed by atoms with Gasteiger partial charge in [0.25, 0.3) is 11.5 Å². The molecule has 3 amide bonds. The third kappa shape index (κ3) is 5.83. The molecule has 0 aliphatic carbocycles. The number of pyridine rings is 1. The zero-order valence-electron chi connectivity index (χ0n) is 22.6. The number of fused-ring (bicyclic) bond motifs is 4. The summed E-state index contributed by atoms with van der Waals surface area (Å²) in [5.41, 5.74) is 3.51. The molecule has 1 saturated heterocycles. The molecule has 0 spiro atoms. The maximum Gasteiger partial charge on any atom is 0.323 e. The van der Waals surface area contributed by atoms with Gasteiger partial charge in [-0.15, -0.1) is 11.3 Å². The van der Waals surface area contributed by atoms with E-state index in [1.807, 2.05) is 40.3 Å². The fraction of sp³-hybridized carbons (Fsp3) is 0.258. The van der Waals surface area contributed by atoms with E-state index in [1.54, 1.807) is 60.9 Å². The number of benzene rings is 2. The Morgan fingerprint density at radius 2 is 1.85 bits per heavy atom. The van der Waals surface area contributed by atoms with Crippen LogP contribution >= 0.6 is 11.3 Å². The van der Waals surface area contributed by atoms with Crippen molar-refractivity contribution in [2.75, 3.05) is 35.7 Å². The van der Waals surface area contributed by atoms with Crippen molar-refractivity contribution in [1.29, 1.82) is 0 Å². The molecule has 3 N–H and O–H groups in total. The van der Waals surface area contributed by atoms with Crippen LogP contribution in [0, 0.1) is 5.92 Å². The van der Waals surface area contributed by atoms with Crippen molar-refractivity contribution in [2.45, 2.75) is 25.4 Å². The van der Waals surface area contributed by atoms with Gasteiger partial charge >= 0.3 is 6.03 Å². The molecule has 210 valence electrons. The molecule has 9 nitrogen and oxygen atoms in total. The van der Waals surface area contributed by atoms with E-state index in [0.29, 0.717) is 48.2 Å². The summed E-state index contributed by atoms with van der Waals surface area (Å²) >= 11 is 1.58. The predicted octanol–water partition coefficient (Wildman–Crippen LogP) is 5.12. The van der Waals surface area contributed by atoms with Crippen LogP contribution in [0.25, 0.3) is 0 Å². The molecule has 10 heteroatoms. The molecule has 2 aliphatic rings. The number of aromatic nitrogens is 1. The highest BCUT2D eigenvalue weighted by Crippen LogP contribution is 2.39. The first-order valence-electron chi connectivity index (χ1n) is 13.6. The average Bonchev–Trinajstić information content (AvgIpc) is 3.50. The summed E-state index contributed by atoms with van der Waals surface area (Å²) in [4.78, 5) is 42.0. The number of anilines is 3. The number of nitrogens with zero attached hydrogens (tertiary/aromatic N) is 2. The minimum Gasteiger partial charge on any atom is -0.497 e. The fourth-order valence-corrected chi connectivity index (χ4v) is 6.46. The second kappa shape index (κ2) is 11.5. The molecule has 41 heavy (non-hydrogen) atoms. The number of carbonyl (C=O) groups excluding carboxylic acids is 2.